The van der Waals surface area contributed by atoms with Crippen LogP contribution in [0.3, 0.4) is 0 Å². The Balaban J connectivity index is 1.46. The van der Waals surface area contributed by atoms with Crippen molar-refractivity contribution in [1.29, 1.82) is 0 Å². The molecule has 3 aromatic carbocycles. The zero-order valence-electron chi connectivity index (χ0n) is 18.0. The average Bonchev–Trinajstić information content (AvgIpc) is 3.22. The Kier molecular flexibility index (Phi) is 7.08. The Labute approximate surface area is 200 Å². The molecule has 0 saturated carbocycles. The lowest BCUT2D eigenvalue weighted by Gasteiger charge is -2.22. The van der Waals surface area contributed by atoms with Gasteiger partial charge in [-0.1, -0.05) is 67.6 Å². The fraction of sp³-hybridized carbons (Fsp3) is 0.231. The van der Waals surface area contributed by atoms with Crippen molar-refractivity contribution in [2.24, 2.45) is 0 Å². The number of ether oxygens (including phenoxy) is 2. The summed E-state index contributed by atoms with van der Waals surface area (Å²) < 4.78 is 26.4. The van der Waals surface area contributed by atoms with Crippen LogP contribution in [0.2, 0.25) is 0 Å². The van der Waals surface area contributed by atoms with Gasteiger partial charge in [0, 0.05) is 12.5 Å². The first-order chi connectivity index (χ1) is 15.9. The van der Waals surface area contributed by atoms with Crippen LogP contribution in [0, 0.1) is 5.82 Å². The maximum absolute atomic E-state index is 14.9. The van der Waals surface area contributed by atoms with Crippen molar-refractivity contribution in [2.45, 2.75) is 31.9 Å². The first kappa shape index (κ1) is 23.0. The van der Waals surface area contributed by atoms with Crippen molar-refractivity contribution in [1.82, 2.24) is 4.90 Å². The minimum absolute atomic E-state index is 0.0357. The lowest BCUT2D eigenvalue weighted by Crippen LogP contribution is -2.34. The maximum atomic E-state index is 14.9. The molecule has 1 saturated heterocycles. The Morgan fingerprint density at radius 3 is 2.52 bits per heavy atom. The molecule has 1 fully saturated rings. The van der Waals surface area contributed by atoms with Gasteiger partial charge >= 0.3 is 6.09 Å². The minimum atomic E-state index is -0.674. The van der Waals surface area contributed by atoms with Crippen LogP contribution in [0.4, 0.5) is 9.18 Å². The predicted molar refractivity (Wildman–Crippen MR) is 125 cm³/mol. The van der Waals surface area contributed by atoms with Crippen molar-refractivity contribution in [3.8, 4) is 5.75 Å². The molecule has 1 aliphatic rings. The normalized spacial score (nSPS) is 16.4. The molecule has 4 rings (SSSR count). The van der Waals surface area contributed by atoms with Gasteiger partial charge < -0.3 is 9.47 Å². The Morgan fingerprint density at radius 1 is 1.15 bits per heavy atom. The number of benzene rings is 3. The van der Waals surface area contributed by atoms with Gasteiger partial charge in [-0.05, 0) is 44.6 Å². The van der Waals surface area contributed by atoms with Gasteiger partial charge in [-0.2, -0.15) is 0 Å². The number of carbonyl (C=O) groups excluding carboxylic acids is 2. The lowest BCUT2D eigenvalue weighted by atomic mass is 9.96. The summed E-state index contributed by atoms with van der Waals surface area (Å²) in [5.74, 6) is -0.948. The zero-order valence-corrected chi connectivity index (χ0v) is 19.6. The summed E-state index contributed by atoms with van der Waals surface area (Å²) in [5, 5.41) is 0. The molecule has 0 spiro atoms. The molecular weight excluding hydrogens is 489 g/mol. The molecule has 1 aliphatic heterocycles. The van der Waals surface area contributed by atoms with Gasteiger partial charge in [-0.15, -0.1) is 0 Å². The van der Waals surface area contributed by atoms with Crippen molar-refractivity contribution in [3.63, 3.8) is 0 Å². The third kappa shape index (κ3) is 5.25. The Bertz CT molecular complexity index is 1140. The molecule has 2 unspecified atom stereocenters. The number of amides is 2. The first-order valence-corrected chi connectivity index (χ1v) is 11.4. The average molecular weight is 512 g/mol. The van der Waals surface area contributed by atoms with Gasteiger partial charge in [-0.3, -0.25) is 4.79 Å². The van der Waals surface area contributed by atoms with Crippen molar-refractivity contribution in [3.05, 3.63) is 99.8 Å². The van der Waals surface area contributed by atoms with Crippen LogP contribution in [0.5, 0.6) is 5.75 Å². The molecule has 0 bridgehead atoms. The van der Waals surface area contributed by atoms with Crippen molar-refractivity contribution in [2.75, 3.05) is 6.61 Å². The molecule has 7 heteroatoms. The van der Waals surface area contributed by atoms with Crippen LogP contribution < -0.4 is 4.74 Å². The molecule has 170 valence electrons. The number of nitrogens with zero attached hydrogens (tertiary/aromatic N) is 1. The van der Waals surface area contributed by atoms with Crippen LogP contribution in [0.15, 0.2) is 77.3 Å². The fourth-order valence-corrected chi connectivity index (χ4v) is 4.33. The summed E-state index contributed by atoms with van der Waals surface area (Å²) in [6.45, 7) is 2.17. The summed E-state index contributed by atoms with van der Waals surface area (Å²) in [5.41, 5.74) is 2.16. The first-order valence-electron chi connectivity index (χ1n) is 10.6. The van der Waals surface area contributed by atoms with Crippen LogP contribution in [-0.2, 0) is 16.1 Å². The van der Waals surface area contributed by atoms with Gasteiger partial charge in [-0.25, -0.2) is 14.1 Å². The summed E-state index contributed by atoms with van der Waals surface area (Å²) in [6.07, 6.45) is -0.709. The number of cyclic esters (lactones) is 1. The third-order valence-corrected chi connectivity index (χ3v) is 6.25. The standard InChI is InChI=1S/C26H23BrFNO4/c1-17(12-25(30)29-23(16-33-26(29)31)19-10-6-3-7-11-19)20-13-21(27)24(14-22(20)28)32-15-18-8-4-2-5-9-18/h2-11,13-14,17,23H,12,15-16H2,1H3. The van der Waals surface area contributed by atoms with Crippen LogP contribution >= 0.6 is 15.9 Å². The number of rotatable bonds is 7. The molecule has 0 aromatic heterocycles. The number of hydrogen-bond acceptors (Lipinski definition) is 4. The summed E-state index contributed by atoms with van der Waals surface area (Å²) in [7, 11) is 0. The molecule has 33 heavy (non-hydrogen) atoms. The number of carbonyl (C=O) groups is 2. The van der Waals surface area contributed by atoms with E-state index in [2.05, 4.69) is 15.9 Å². The Hall–Kier alpha value is -3.19. The summed E-state index contributed by atoms with van der Waals surface area (Å²) >= 11 is 3.44. The predicted octanol–water partition coefficient (Wildman–Crippen LogP) is 6.38. The highest BCUT2D eigenvalue weighted by Gasteiger charge is 2.39. The molecule has 5 nitrogen and oxygen atoms in total. The summed E-state index contributed by atoms with van der Waals surface area (Å²) in [4.78, 5) is 26.4. The maximum Gasteiger partial charge on any atom is 0.417 e. The molecule has 2 atom stereocenters. The third-order valence-electron chi connectivity index (χ3n) is 5.63. The van der Waals surface area contributed by atoms with Gasteiger partial charge in [0.25, 0.3) is 0 Å². The van der Waals surface area contributed by atoms with Crippen LogP contribution in [-0.4, -0.2) is 23.5 Å². The van der Waals surface area contributed by atoms with Gasteiger partial charge in [0.2, 0.25) is 5.91 Å². The van der Waals surface area contributed by atoms with E-state index >= 15 is 0 Å². The van der Waals surface area contributed by atoms with E-state index in [-0.39, 0.29) is 13.0 Å². The number of imide groups is 1. The van der Waals surface area contributed by atoms with E-state index in [9.17, 15) is 14.0 Å². The molecule has 3 aromatic rings. The molecule has 0 radical (unpaired) electrons. The molecule has 0 N–H and O–H groups in total. The highest BCUT2D eigenvalue weighted by molar-refractivity contribution is 9.10. The van der Waals surface area contributed by atoms with E-state index in [0.29, 0.717) is 22.4 Å². The second-order valence-electron chi connectivity index (χ2n) is 7.95. The van der Waals surface area contributed by atoms with Crippen LogP contribution in [0.1, 0.15) is 42.0 Å². The minimum Gasteiger partial charge on any atom is -0.488 e. The highest BCUT2D eigenvalue weighted by Crippen LogP contribution is 2.35. The smallest absolute Gasteiger partial charge is 0.417 e. The van der Waals surface area contributed by atoms with E-state index in [0.717, 1.165) is 16.0 Å². The van der Waals surface area contributed by atoms with E-state index in [4.69, 9.17) is 9.47 Å². The SMILES string of the molecule is CC(CC(=O)N1C(=O)OCC1c1ccccc1)c1cc(Br)c(OCc2ccccc2)cc1F. The molecule has 0 aliphatic carbocycles. The molecule has 2 amide bonds. The molecular formula is C26H23BrFNO4. The van der Waals surface area contributed by atoms with Crippen molar-refractivity contribution < 1.29 is 23.5 Å². The van der Waals surface area contributed by atoms with Crippen molar-refractivity contribution >= 4 is 27.9 Å². The second-order valence-corrected chi connectivity index (χ2v) is 8.81. The van der Waals surface area contributed by atoms with E-state index in [1.54, 1.807) is 13.0 Å². The van der Waals surface area contributed by atoms with Gasteiger partial charge in [0.05, 0.1) is 4.47 Å². The number of hydrogen-bond donors (Lipinski definition) is 0. The monoisotopic (exact) mass is 511 g/mol. The zero-order chi connectivity index (χ0) is 23.4. The van der Waals surface area contributed by atoms with E-state index in [1.165, 1.54) is 6.07 Å². The van der Waals surface area contributed by atoms with Gasteiger partial charge in [0.15, 0.2) is 0 Å². The second kappa shape index (κ2) is 10.2. The number of halogens is 2. The quantitative estimate of drug-likeness (QED) is 0.369. The topological polar surface area (TPSA) is 55.8 Å². The van der Waals surface area contributed by atoms with Gasteiger partial charge in [0.1, 0.15) is 30.8 Å². The van der Waals surface area contributed by atoms with Crippen LogP contribution in [0.25, 0.3) is 0 Å². The highest BCUT2D eigenvalue weighted by atomic mass is 79.9. The van der Waals surface area contributed by atoms with E-state index < -0.39 is 29.8 Å². The molecule has 1 heterocycles. The fourth-order valence-electron chi connectivity index (χ4n) is 3.86. The lowest BCUT2D eigenvalue weighted by molar-refractivity contribution is -0.129. The summed E-state index contributed by atoms with van der Waals surface area (Å²) in [6, 6.07) is 21.3. The largest absolute Gasteiger partial charge is 0.488 e. The Morgan fingerprint density at radius 2 is 1.82 bits per heavy atom. The van der Waals surface area contributed by atoms with E-state index in [1.807, 2.05) is 60.7 Å².